The number of ether oxygens (including phenoxy) is 1. The largest absolute Gasteiger partial charge is 0.468 e. The maximum absolute atomic E-state index is 11.4. The molecule has 0 aliphatic rings. The molecule has 0 spiro atoms. The van der Waals surface area contributed by atoms with Crippen LogP contribution in [-0.2, 0) is 14.3 Å². The van der Waals surface area contributed by atoms with Gasteiger partial charge in [0, 0.05) is 18.0 Å². The highest BCUT2D eigenvalue weighted by Gasteiger charge is 2.16. The maximum Gasteiger partial charge on any atom is 0.325 e. The lowest BCUT2D eigenvalue weighted by atomic mass is 10.2. The topological polar surface area (TPSA) is 85.4 Å². The summed E-state index contributed by atoms with van der Waals surface area (Å²) in [5, 5.41) is 2.14. The van der Waals surface area contributed by atoms with E-state index in [0.29, 0.717) is 0 Å². The number of hydrogen-bond acceptors (Lipinski definition) is 5. The maximum atomic E-state index is 11.4. The molecule has 1 aromatic rings. The SMILES string of the molecule is COC(=O)CNC(=O)C(=O)c1cccnc1. The monoisotopic (exact) mass is 222 g/mol. The minimum atomic E-state index is -0.863. The van der Waals surface area contributed by atoms with Crippen LogP contribution >= 0.6 is 0 Å². The summed E-state index contributed by atoms with van der Waals surface area (Å²) in [7, 11) is 1.19. The van der Waals surface area contributed by atoms with Crippen molar-refractivity contribution in [2.24, 2.45) is 0 Å². The molecule has 84 valence electrons. The van der Waals surface area contributed by atoms with Crippen LogP contribution in [0.3, 0.4) is 0 Å². The van der Waals surface area contributed by atoms with Gasteiger partial charge in [0.05, 0.1) is 7.11 Å². The minimum Gasteiger partial charge on any atom is -0.468 e. The average Bonchev–Trinajstić information content (AvgIpc) is 2.35. The van der Waals surface area contributed by atoms with Crippen molar-refractivity contribution in [1.82, 2.24) is 10.3 Å². The van der Waals surface area contributed by atoms with Crippen molar-refractivity contribution in [3.05, 3.63) is 30.1 Å². The fourth-order valence-corrected chi connectivity index (χ4v) is 0.933. The van der Waals surface area contributed by atoms with Gasteiger partial charge in [-0.25, -0.2) is 0 Å². The van der Waals surface area contributed by atoms with Gasteiger partial charge in [0.25, 0.3) is 11.7 Å². The van der Waals surface area contributed by atoms with Crippen LogP contribution in [0.2, 0.25) is 0 Å². The summed E-state index contributed by atoms with van der Waals surface area (Å²) in [6, 6.07) is 3.01. The van der Waals surface area contributed by atoms with E-state index < -0.39 is 17.7 Å². The van der Waals surface area contributed by atoms with Crippen molar-refractivity contribution in [2.45, 2.75) is 0 Å². The molecule has 1 aromatic heterocycles. The number of pyridine rings is 1. The zero-order chi connectivity index (χ0) is 12.0. The molecule has 6 heteroatoms. The van der Waals surface area contributed by atoms with E-state index >= 15 is 0 Å². The van der Waals surface area contributed by atoms with Crippen molar-refractivity contribution >= 4 is 17.7 Å². The Balaban J connectivity index is 2.56. The second-order valence-corrected chi connectivity index (χ2v) is 2.83. The summed E-state index contributed by atoms with van der Waals surface area (Å²) in [6.07, 6.45) is 2.77. The molecule has 0 saturated carbocycles. The van der Waals surface area contributed by atoms with E-state index in [4.69, 9.17) is 0 Å². The quantitative estimate of drug-likeness (QED) is 0.424. The molecule has 0 atom stereocenters. The van der Waals surface area contributed by atoms with Gasteiger partial charge in [-0.1, -0.05) is 0 Å². The number of ketones is 1. The molecule has 1 N–H and O–H groups in total. The van der Waals surface area contributed by atoms with Crippen LogP contribution in [0.15, 0.2) is 24.5 Å². The molecule has 0 aliphatic carbocycles. The van der Waals surface area contributed by atoms with E-state index in [2.05, 4.69) is 15.0 Å². The van der Waals surface area contributed by atoms with Gasteiger partial charge < -0.3 is 10.1 Å². The summed E-state index contributed by atoms with van der Waals surface area (Å²) < 4.78 is 4.31. The Kier molecular flexibility index (Phi) is 4.14. The Morgan fingerprint density at radius 3 is 2.75 bits per heavy atom. The highest BCUT2D eigenvalue weighted by Crippen LogP contribution is 1.96. The van der Waals surface area contributed by atoms with Gasteiger partial charge in [-0.15, -0.1) is 0 Å². The minimum absolute atomic E-state index is 0.171. The third-order valence-electron chi connectivity index (χ3n) is 1.75. The summed E-state index contributed by atoms with van der Waals surface area (Å²) in [6.45, 7) is -0.332. The van der Waals surface area contributed by atoms with Crippen LogP contribution in [0, 0.1) is 0 Å². The van der Waals surface area contributed by atoms with Gasteiger partial charge >= 0.3 is 5.97 Å². The Morgan fingerprint density at radius 1 is 1.44 bits per heavy atom. The first-order valence-electron chi connectivity index (χ1n) is 4.44. The van der Waals surface area contributed by atoms with Crippen LogP contribution in [0.25, 0.3) is 0 Å². The van der Waals surface area contributed by atoms with E-state index in [9.17, 15) is 14.4 Å². The molecule has 0 unspecified atom stereocenters. The van der Waals surface area contributed by atoms with Crippen LogP contribution in [-0.4, -0.2) is 36.3 Å². The number of amides is 1. The molecule has 0 radical (unpaired) electrons. The summed E-state index contributed by atoms with van der Waals surface area (Å²) >= 11 is 0. The molecule has 1 amide bonds. The number of nitrogens with zero attached hydrogens (tertiary/aromatic N) is 1. The van der Waals surface area contributed by atoms with Crippen LogP contribution in [0.5, 0.6) is 0 Å². The van der Waals surface area contributed by atoms with Gasteiger partial charge in [-0.3, -0.25) is 19.4 Å². The molecule has 0 fully saturated rings. The number of Topliss-reactive ketones (excluding diaryl/α,β-unsaturated/α-hetero) is 1. The number of methoxy groups -OCH3 is 1. The number of hydrogen-bond donors (Lipinski definition) is 1. The molecule has 6 nitrogen and oxygen atoms in total. The number of rotatable bonds is 4. The Bertz CT molecular complexity index is 403. The van der Waals surface area contributed by atoms with Crippen molar-refractivity contribution in [2.75, 3.05) is 13.7 Å². The zero-order valence-corrected chi connectivity index (χ0v) is 8.60. The molecule has 0 aromatic carbocycles. The highest BCUT2D eigenvalue weighted by molar-refractivity contribution is 6.42. The summed E-state index contributed by atoms with van der Waals surface area (Å²) in [4.78, 5) is 37.1. The normalized spacial score (nSPS) is 9.31. The molecule has 1 rings (SSSR count). The number of esters is 1. The predicted molar refractivity (Wildman–Crippen MR) is 53.6 cm³/mol. The Labute approximate surface area is 91.6 Å². The van der Waals surface area contributed by atoms with Gasteiger partial charge in [-0.2, -0.15) is 0 Å². The van der Waals surface area contributed by atoms with E-state index in [1.165, 1.54) is 25.6 Å². The Hall–Kier alpha value is -2.24. The van der Waals surface area contributed by atoms with E-state index in [1.807, 2.05) is 0 Å². The number of nitrogens with one attached hydrogen (secondary N) is 1. The lowest BCUT2D eigenvalue weighted by molar-refractivity contribution is -0.140. The van der Waals surface area contributed by atoms with Gasteiger partial charge in [0.1, 0.15) is 6.54 Å². The lowest BCUT2D eigenvalue weighted by Crippen LogP contribution is -2.35. The lowest BCUT2D eigenvalue weighted by Gasteiger charge is -2.02. The standard InChI is InChI=1S/C10H10N2O4/c1-16-8(13)6-12-10(15)9(14)7-3-2-4-11-5-7/h2-5H,6H2,1H3,(H,12,15). The van der Waals surface area contributed by atoms with Crippen LogP contribution in [0.4, 0.5) is 0 Å². The second kappa shape index (κ2) is 5.59. The third kappa shape index (κ3) is 3.16. The first kappa shape index (κ1) is 11.8. The number of carbonyl (C=O) groups excluding carboxylic acids is 3. The second-order valence-electron chi connectivity index (χ2n) is 2.83. The van der Waals surface area contributed by atoms with Crippen LogP contribution in [0.1, 0.15) is 10.4 Å². The first-order valence-corrected chi connectivity index (χ1v) is 4.44. The van der Waals surface area contributed by atoms with Crippen molar-refractivity contribution < 1.29 is 19.1 Å². The van der Waals surface area contributed by atoms with E-state index in [1.54, 1.807) is 6.07 Å². The highest BCUT2D eigenvalue weighted by atomic mass is 16.5. The number of aromatic nitrogens is 1. The first-order chi connectivity index (χ1) is 7.65. The molecule has 16 heavy (non-hydrogen) atoms. The predicted octanol–water partition coefficient (Wildman–Crippen LogP) is -0.447. The van der Waals surface area contributed by atoms with Crippen LogP contribution < -0.4 is 5.32 Å². The smallest absolute Gasteiger partial charge is 0.325 e. The van der Waals surface area contributed by atoms with Crippen molar-refractivity contribution in [3.63, 3.8) is 0 Å². The molecule has 0 saturated heterocycles. The fraction of sp³-hybridized carbons (Fsp3) is 0.200. The molecule has 0 bridgehead atoms. The summed E-state index contributed by atoms with van der Waals surface area (Å²) in [5.41, 5.74) is 0.171. The van der Waals surface area contributed by atoms with Gasteiger partial charge in [0.15, 0.2) is 0 Å². The average molecular weight is 222 g/mol. The van der Waals surface area contributed by atoms with Crippen molar-refractivity contribution in [3.8, 4) is 0 Å². The zero-order valence-electron chi connectivity index (χ0n) is 8.60. The van der Waals surface area contributed by atoms with Gasteiger partial charge in [-0.05, 0) is 12.1 Å². The molecular weight excluding hydrogens is 212 g/mol. The number of carbonyl (C=O) groups is 3. The molecular formula is C10H10N2O4. The molecule has 1 heterocycles. The fourth-order valence-electron chi connectivity index (χ4n) is 0.933. The summed E-state index contributed by atoms with van der Waals surface area (Å²) in [5.74, 6) is -2.22. The van der Waals surface area contributed by atoms with E-state index in [0.717, 1.165) is 0 Å². The third-order valence-corrected chi connectivity index (χ3v) is 1.75. The van der Waals surface area contributed by atoms with Gasteiger partial charge in [0.2, 0.25) is 0 Å². The molecule has 0 aliphatic heterocycles. The van der Waals surface area contributed by atoms with Crippen molar-refractivity contribution in [1.29, 1.82) is 0 Å². The van der Waals surface area contributed by atoms with E-state index in [-0.39, 0.29) is 12.1 Å². The Morgan fingerprint density at radius 2 is 2.19 bits per heavy atom.